The molecule has 1 amide bonds. The topological polar surface area (TPSA) is 149 Å². The Bertz CT molecular complexity index is 1040. The summed E-state index contributed by atoms with van der Waals surface area (Å²) in [6.45, 7) is -0.180. The Morgan fingerprint density at radius 1 is 1.23 bits per heavy atom. The molecular weight excluding hydrogens is 478 g/mol. The van der Waals surface area contributed by atoms with Gasteiger partial charge in [0.1, 0.15) is 5.69 Å². The van der Waals surface area contributed by atoms with Crippen LogP contribution in [-0.4, -0.2) is 54.7 Å². The van der Waals surface area contributed by atoms with Gasteiger partial charge in [0.2, 0.25) is 0 Å². The van der Waals surface area contributed by atoms with E-state index in [1.54, 1.807) is 26.2 Å². The lowest BCUT2D eigenvalue weighted by Crippen LogP contribution is -2.27. The monoisotopic (exact) mass is 495 g/mol. The number of nitro groups is 2. The Labute approximate surface area is 184 Å². The number of nitrogens with one attached hydrogen (secondary N) is 1. The van der Waals surface area contributed by atoms with E-state index in [-0.39, 0.29) is 18.2 Å². The maximum Gasteiger partial charge on any atom is 0.301 e. The fourth-order valence-corrected chi connectivity index (χ4v) is 2.85. The molecule has 31 heavy (non-hydrogen) atoms. The lowest BCUT2D eigenvalue weighted by Gasteiger charge is -2.15. The number of anilines is 1. The molecule has 2 aromatic rings. The van der Waals surface area contributed by atoms with Crippen molar-refractivity contribution in [2.24, 2.45) is 5.10 Å². The molecule has 13 heteroatoms. The highest BCUT2D eigenvalue weighted by Crippen LogP contribution is 2.36. The molecule has 12 nitrogen and oxygen atoms in total. The first-order chi connectivity index (χ1) is 14.6. The number of nitro benzene ring substituents is 2. The summed E-state index contributed by atoms with van der Waals surface area (Å²) in [5.41, 5.74) is 2.14. The van der Waals surface area contributed by atoms with Crippen LogP contribution < -0.4 is 14.9 Å². The molecule has 164 valence electrons. The number of methoxy groups -OCH3 is 1. The van der Waals surface area contributed by atoms with Crippen LogP contribution in [-0.2, 0) is 4.79 Å². The standard InChI is InChI=1S/C18H18BrN5O7/c1-22(2)17(25)10-31-18-13(19)6-11(7-16(18)30-3)9-20-21-14-5-4-12(23(26)27)8-15(14)24(28)29/h4-9,21H,10H2,1-3H3/b20-9+. The molecule has 0 aliphatic carbocycles. The van der Waals surface area contributed by atoms with E-state index in [9.17, 15) is 25.0 Å². The van der Waals surface area contributed by atoms with Crippen LogP contribution in [0.25, 0.3) is 0 Å². The van der Waals surface area contributed by atoms with Gasteiger partial charge in [-0.2, -0.15) is 5.10 Å². The Hall–Kier alpha value is -3.74. The Morgan fingerprint density at radius 3 is 2.52 bits per heavy atom. The van der Waals surface area contributed by atoms with Crippen LogP contribution in [0.3, 0.4) is 0 Å². The number of benzene rings is 2. The SMILES string of the molecule is COc1cc(/C=N/Nc2ccc([N+](=O)[O-])cc2[N+](=O)[O-])cc(Br)c1OCC(=O)N(C)C. The fraction of sp³-hybridized carbons (Fsp3) is 0.222. The largest absolute Gasteiger partial charge is 0.493 e. The zero-order valence-corrected chi connectivity index (χ0v) is 18.3. The zero-order valence-electron chi connectivity index (χ0n) is 16.7. The molecule has 0 saturated heterocycles. The van der Waals surface area contributed by atoms with E-state index in [1.807, 2.05) is 0 Å². The van der Waals surface area contributed by atoms with Gasteiger partial charge in [-0.05, 0) is 39.7 Å². The van der Waals surface area contributed by atoms with Crippen molar-refractivity contribution in [3.8, 4) is 11.5 Å². The Balaban J connectivity index is 2.21. The van der Waals surface area contributed by atoms with Crippen molar-refractivity contribution < 1.29 is 24.1 Å². The van der Waals surface area contributed by atoms with Gasteiger partial charge in [0.05, 0.1) is 33.7 Å². The van der Waals surface area contributed by atoms with Crippen molar-refractivity contribution in [3.05, 3.63) is 60.6 Å². The molecule has 0 aromatic heterocycles. The lowest BCUT2D eigenvalue weighted by atomic mass is 10.2. The van der Waals surface area contributed by atoms with Crippen molar-refractivity contribution in [3.63, 3.8) is 0 Å². The minimum Gasteiger partial charge on any atom is -0.493 e. The van der Waals surface area contributed by atoms with E-state index < -0.39 is 21.2 Å². The summed E-state index contributed by atoms with van der Waals surface area (Å²) >= 11 is 3.35. The van der Waals surface area contributed by atoms with E-state index in [0.717, 1.165) is 12.1 Å². The first-order valence-electron chi connectivity index (χ1n) is 8.56. The number of amides is 1. The Morgan fingerprint density at radius 2 is 1.94 bits per heavy atom. The predicted octanol–water partition coefficient (Wildman–Crippen LogP) is 3.19. The summed E-state index contributed by atoms with van der Waals surface area (Å²) < 4.78 is 11.3. The van der Waals surface area contributed by atoms with Gasteiger partial charge in [0, 0.05) is 20.2 Å². The molecule has 2 aromatic carbocycles. The molecule has 0 aliphatic rings. The van der Waals surface area contributed by atoms with Crippen molar-refractivity contribution in [2.75, 3.05) is 33.2 Å². The van der Waals surface area contributed by atoms with Crippen molar-refractivity contribution in [1.82, 2.24) is 4.90 Å². The van der Waals surface area contributed by atoms with E-state index >= 15 is 0 Å². The van der Waals surface area contributed by atoms with Gasteiger partial charge >= 0.3 is 5.69 Å². The maximum absolute atomic E-state index is 11.7. The third kappa shape index (κ3) is 6.12. The quantitative estimate of drug-likeness (QED) is 0.316. The minimum absolute atomic E-state index is 0.0139. The molecule has 2 rings (SSSR count). The lowest BCUT2D eigenvalue weighted by molar-refractivity contribution is -0.393. The molecule has 0 atom stereocenters. The summed E-state index contributed by atoms with van der Waals surface area (Å²) in [6.07, 6.45) is 1.37. The first kappa shape index (κ1) is 23.5. The summed E-state index contributed by atoms with van der Waals surface area (Å²) in [5, 5.41) is 25.9. The first-order valence-corrected chi connectivity index (χ1v) is 9.35. The van der Waals surface area contributed by atoms with Gasteiger partial charge < -0.3 is 14.4 Å². The number of hydrogen-bond donors (Lipinski definition) is 1. The van der Waals surface area contributed by atoms with E-state index in [0.29, 0.717) is 21.5 Å². The van der Waals surface area contributed by atoms with Crippen LogP contribution in [0.1, 0.15) is 5.56 Å². The number of hydrogen-bond acceptors (Lipinski definition) is 9. The van der Waals surface area contributed by atoms with Crippen LogP contribution in [0, 0.1) is 20.2 Å². The summed E-state index contributed by atoms with van der Waals surface area (Å²) in [6, 6.07) is 6.41. The summed E-state index contributed by atoms with van der Waals surface area (Å²) in [4.78, 5) is 33.6. The number of carbonyl (C=O) groups excluding carboxylic acids is 1. The molecule has 0 aliphatic heterocycles. The highest BCUT2D eigenvalue weighted by atomic mass is 79.9. The molecular formula is C18H18BrN5O7. The number of ether oxygens (including phenoxy) is 2. The highest BCUT2D eigenvalue weighted by molar-refractivity contribution is 9.10. The van der Waals surface area contributed by atoms with Gasteiger partial charge in [-0.1, -0.05) is 0 Å². The Kier molecular flexibility index (Phi) is 7.85. The molecule has 0 spiro atoms. The number of carbonyl (C=O) groups is 1. The van der Waals surface area contributed by atoms with Crippen molar-refractivity contribution in [1.29, 1.82) is 0 Å². The normalized spacial score (nSPS) is 10.6. The molecule has 0 saturated carbocycles. The van der Waals surface area contributed by atoms with Gasteiger partial charge in [-0.3, -0.25) is 30.4 Å². The smallest absolute Gasteiger partial charge is 0.301 e. The molecule has 1 N–H and O–H groups in total. The predicted molar refractivity (Wildman–Crippen MR) is 116 cm³/mol. The second-order valence-corrected chi connectivity index (χ2v) is 7.05. The van der Waals surface area contributed by atoms with Crippen LogP contribution in [0.2, 0.25) is 0 Å². The van der Waals surface area contributed by atoms with Crippen molar-refractivity contribution in [2.45, 2.75) is 0 Å². The summed E-state index contributed by atoms with van der Waals surface area (Å²) in [7, 11) is 4.65. The van der Waals surface area contributed by atoms with E-state index in [4.69, 9.17) is 9.47 Å². The van der Waals surface area contributed by atoms with Gasteiger partial charge in [-0.15, -0.1) is 0 Å². The molecule has 0 bridgehead atoms. The van der Waals surface area contributed by atoms with Crippen molar-refractivity contribution >= 4 is 45.1 Å². The summed E-state index contributed by atoms with van der Waals surface area (Å²) in [5.74, 6) is 0.436. The number of nitrogens with zero attached hydrogens (tertiary/aromatic N) is 4. The van der Waals surface area contributed by atoms with Crippen LogP contribution in [0.4, 0.5) is 17.1 Å². The number of halogens is 1. The third-order valence-corrected chi connectivity index (χ3v) is 4.47. The molecule has 0 heterocycles. The van der Waals surface area contributed by atoms with Crippen LogP contribution >= 0.6 is 15.9 Å². The highest BCUT2D eigenvalue weighted by Gasteiger charge is 2.19. The average Bonchev–Trinajstić information content (AvgIpc) is 2.72. The second kappa shape index (κ2) is 10.3. The van der Waals surface area contributed by atoms with Gasteiger partial charge in [0.25, 0.3) is 11.6 Å². The average molecular weight is 496 g/mol. The van der Waals surface area contributed by atoms with Crippen LogP contribution in [0.15, 0.2) is 39.9 Å². The number of non-ortho nitro benzene ring substituents is 1. The molecule has 0 fully saturated rings. The zero-order chi connectivity index (χ0) is 23.1. The van der Waals surface area contributed by atoms with E-state index in [1.165, 1.54) is 24.3 Å². The molecule has 0 unspecified atom stereocenters. The third-order valence-electron chi connectivity index (χ3n) is 3.88. The molecule has 0 radical (unpaired) electrons. The maximum atomic E-state index is 11.7. The minimum atomic E-state index is -0.744. The number of likely N-dealkylation sites (N-methyl/N-ethyl adjacent to an activating group) is 1. The van der Waals surface area contributed by atoms with Gasteiger partial charge in [0.15, 0.2) is 18.1 Å². The van der Waals surface area contributed by atoms with Crippen LogP contribution in [0.5, 0.6) is 11.5 Å². The van der Waals surface area contributed by atoms with E-state index in [2.05, 4.69) is 26.5 Å². The number of rotatable bonds is 9. The van der Waals surface area contributed by atoms with Gasteiger partial charge in [-0.25, -0.2) is 0 Å². The second-order valence-electron chi connectivity index (χ2n) is 6.20. The number of hydrazone groups is 1. The fourth-order valence-electron chi connectivity index (χ4n) is 2.27.